The molecule has 0 N–H and O–H groups in total. The maximum absolute atomic E-state index is 12.2. The normalized spacial score (nSPS) is 18.6. The van der Waals surface area contributed by atoms with Crippen LogP contribution in [-0.4, -0.2) is 4.86 Å². The average Bonchev–Trinajstić information content (AvgIpc) is 1.77. The minimum Gasteiger partial charge on any atom is -0.206 e. The zero-order valence-electron chi connectivity index (χ0n) is 4.15. The Kier molecular flexibility index (Phi) is 1.53. The van der Waals surface area contributed by atoms with Gasteiger partial charge in [-0.1, -0.05) is 18.3 Å². The minimum atomic E-state index is -0.317. The van der Waals surface area contributed by atoms with E-state index >= 15 is 0 Å². The van der Waals surface area contributed by atoms with Crippen molar-refractivity contribution in [3.8, 4) is 0 Å². The predicted molar refractivity (Wildman–Crippen MR) is 34.2 cm³/mol. The zero-order chi connectivity index (χ0) is 5.98. The van der Waals surface area contributed by atoms with E-state index in [0.29, 0.717) is 11.3 Å². The van der Waals surface area contributed by atoms with E-state index < -0.39 is 0 Å². The molecule has 8 heavy (non-hydrogen) atoms. The van der Waals surface area contributed by atoms with Gasteiger partial charge in [-0.15, -0.1) is 0 Å². The highest BCUT2D eigenvalue weighted by Crippen LogP contribution is 2.09. The Balaban J connectivity index is 2.80. The third-order valence-corrected chi connectivity index (χ3v) is 1.24. The summed E-state index contributed by atoms with van der Waals surface area (Å²) in [6.07, 6.45) is 6.11. The van der Waals surface area contributed by atoms with E-state index in [0.717, 1.165) is 0 Å². The molecule has 0 fully saturated rings. The van der Waals surface area contributed by atoms with Crippen molar-refractivity contribution in [2.75, 3.05) is 0 Å². The molecule has 0 amide bonds. The number of rotatable bonds is 0. The maximum Gasteiger partial charge on any atom is 0.138 e. The Morgan fingerprint density at radius 1 is 1.75 bits per heavy atom. The Bertz CT molecular complexity index is 167. The average molecular weight is 127 g/mol. The molecule has 0 atom stereocenters. The SMILES string of the molecule is FC1=C[C]=CCC1=S. The van der Waals surface area contributed by atoms with E-state index in [9.17, 15) is 4.39 Å². The van der Waals surface area contributed by atoms with Gasteiger partial charge in [-0.2, -0.15) is 0 Å². The molecule has 1 aliphatic carbocycles. The van der Waals surface area contributed by atoms with Gasteiger partial charge in [0, 0.05) is 6.42 Å². The zero-order valence-corrected chi connectivity index (χ0v) is 4.96. The van der Waals surface area contributed by atoms with Crippen LogP contribution in [0.3, 0.4) is 0 Å². The highest BCUT2D eigenvalue weighted by atomic mass is 32.1. The fraction of sp³-hybridized carbons (Fsp3) is 0.167. The van der Waals surface area contributed by atoms with Gasteiger partial charge in [0.25, 0.3) is 0 Å². The minimum absolute atomic E-state index is 0.317. The smallest absolute Gasteiger partial charge is 0.138 e. The molecule has 0 aromatic heterocycles. The molecule has 0 bridgehead atoms. The van der Waals surface area contributed by atoms with Gasteiger partial charge in [0.05, 0.1) is 4.86 Å². The molecule has 0 heterocycles. The van der Waals surface area contributed by atoms with Crippen LogP contribution in [0, 0.1) is 6.08 Å². The van der Waals surface area contributed by atoms with Gasteiger partial charge in [0.2, 0.25) is 0 Å². The molecule has 2 heteroatoms. The summed E-state index contributed by atoms with van der Waals surface area (Å²) in [7, 11) is 0. The first-order valence-corrected chi connectivity index (χ1v) is 2.68. The van der Waals surface area contributed by atoms with E-state index in [1.165, 1.54) is 6.08 Å². The summed E-state index contributed by atoms with van der Waals surface area (Å²) in [6, 6.07) is 0. The van der Waals surface area contributed by atoms with Crippen molar-refractivity contribution in [3.05, 3.63) is 24.1 Å². The number of thiocarbonyl (C=S) groups is 1. The maximum atomic E-state index is 12.2. The first-order valence-electron chi connectivity index (χ1n) is 2.27. The second kappa shape index (κ2) is 2.18. The van der Waals surface area contributed by atoms with Crippen LogP contribution in [0.25, 0.3) is 0 Å². The van der Waals surface area contributed by atoms with Crippen molar-refractivity contribution >= 4 is 17.1 Å². The van der Waals surface area contributed by atoms with Crippen molar-refractivity contribution in [1.82, 2.24) is 0 Å². The lowest BCUT2D eigenvalue weighted by atomic mass is 10.2. The van der Waals surface area contributed by atoms with Crippen molar-refractivity contribution in [2.45, 2.75) is 6.42 Å². The van der Waals surface area contributed by atoms with Gasteiger partial charge >= 0.3 is 0 Å². The quantitative estimate of drug-likeness (QED) is 0.448. The lowest BCUT2D eigenvalue weighted by Gasteiger charge is -1.97. The van der Waals surface area contributed by atoms with Crippen LogP contribution in [0.1, 0.15) is 6.42 Å². The van der Waals surface area contributed by atoms with Crippen molar-refractivity contribution < 1.29 is 4.39 Å². The van der Waals surface area contributed by atoms with Gasteiger partial charge in [0.1, 0.15) is 5.83 Å². The molecule has 1 aliphatic rings. The highest BCUT2D eigenvalue weighted by Gasteiger charge is 2.02. The summed E-state index contributed by atoms with van der Waals surface area (Å²) in [5.41, 5.74) is 0. The van der Waals surface area contributed by atoms with Crippen LogP contribution in [0.2, 0.25) is 0 Å². The van der Waals surface area contributed by atoms with Crippen LogP contribution in [0.15, 0.2) is 18.0 Å². The van der Waals surface area contributed by atoms with Crippen molar-refractivity contribution in [3.63, 3.8) is 0 Å². The topological polar surface area (TPSA) is 0 Å². The molecule has 0 unspecified atom stereocenters. The van der Waals surface area contributed by atoms with Crippen LogP contribution in [0.4, 0.5) is 4.39 Å². The molecule has 0 spiro atoms. The molecule has 0 aromatic carbocycles. The summed E-state index contributed by atoms with van der Waals surface area (Å²) in [5, 5.41) is 0. The molecule has 0 saturated heterocycles. The van der Waals surface area contributed by atoms with Gasteiger partial charge in [-0.3, -0.25) is 0 Å². The molecule has 0 saturated carbocycles. The molecule has 0 aromatic rings. The molecule has 41 valence electrons. The van der Waals surface area contributed by atoms with Crippen LogP contribution >= 0.6 is 12.2 Å². The Morgan fingerprint density at radius 2 is 2.50 bits per heavy atom. The second-order valence-corrected chi connectivity index (χ2v) is 1.98. The lowest BCUT2D eigenvalue weighted by molar-refractivity contribution is 0.680. The Labute approximate surface area is 52.7 Å². The first-order chi connectivity index (χ1) is 3.80. The predicted octanol–water partition coefficient (Wildman–Crippen LogP) is 1.97. The molecule has 1 rings (SSSR count). The largest absolute Gasteiger partial charge is 0.206 e. The van der Waals surface area contributed by atoms with E-state index in [1.807, 2.05) is 0 Å². The Morgan fingerprint density at radius 3 is 2.88 bits per heavy atom. The van der Waals surface area contributed by atoms with Crippen molar-refractivity contribution in [2.24, 2.45) is 0 Å². The first kappa shape index (κ1) is 5.63. The van der Waals surface area contributed by atoms with E-state index in [2.05, 4.69) is 18.3 Å². The Hall–Kier alpha value is -0.500. The second-order valence-electron chi connectivity index (χ2n) is 1.49. The molecule has 0 nitrogen and oxygen atoms in total. The number of hydrogen-bond acceptors (Lipinski definition) is 1. The molecular formula is C6H4FS. The summed E-state index contributed by atoms with van der Waals surface area (Å²) < 4.78 is 12.2. The summed E-state index contributed by atoms with van der Waals surface area (Å²) in [6.45, 7) is 0. The van der Waals surface area contributed by atoms with Gasteiger partial charge in [-0.05, 0) is 12.2 Å². The van der Waals surface area contributed by atoms with Crippen LogP contribution in [-0.2, 0) is 0 Å². The number of hydrogen-bond donors (Lipinski definition) is 0. The van der Waals surface area contributed by atoms with E-state index in [4.69, 9.17) is 0 Å². The van der Waals surface area contributed by atoms with E-state index in [-0.39, 0.29) is 5.83 Å². The standard InChI is InChI=1S/C6H4FS/c7-5-3-1-2-4-6(5)8/h2-3H,4H2. The van der Waals surface area contributed by atoms with E-state index in [1.54, 1.807) is 6.08 Å². The van der Waals surface area contributed by atoms with Crippen molar-refractivity contribution in [1.29, 1.82) is 0 Å². The van der Waals surface area contributed by atoms with Gasteiger partial charge < -0.3 is 0 Å². The van der Waals surface area contributed by atoms with Gasteiger partial charge in [0.15, 0.2) is 0 Å². The van der Waals surface area contributed by atoms with Gasteiger partial charge in [-0.25, -0.2) is 4.39 Å². The molecule has 1 radical (unpaired) electrons. The molecule has 0 aliphatic heterocycles. The summed E-state index contributed by atoms with van der Waals surface area (Å²) >= 11 is 4.61. The monoisotopic (exact) mass is 127 g/mol. The lowest BCUT2D eigenvalue weighted by Crippen LogP contribution is -1.95. The third kappa shape index (κ3) is 1.01. The fourth-order valence-electron chi connectivity index (χ4n) is 0.462. The number of allylic oxidation sites excluding steroid dienone is 4. The van der Waals surface area contributed by atoms with Crippen LogP contribution in [0.5, 0.6) is 0 Å². The highest BCUT2D eigenvalue weighted by molar-refractivity contribution is 7.80. The third-order valence-electron chi connectivity index (χ3n) is 0.882. The van der Waals surface area contributed by atoms with Crippen LogP contribution < -0.4 is 0 Å². The molecular weight excluding hydrogens is 123 g/mol. The summed E-state index contributed by atoms with van der Waals surface area (Å²) in [5.74, 6) is -0.317. The fourth-order valence-corrected chi connectivity index (χ4v) is 0.604. The summed E-state index contributed by atoms with van der Waals surface area (Å²) in [4.78, 5) is 0.378. The number of halogens is 1.